The summed E-state index contributed by atoms with van der Waals surface area (Å²) >= 11 is 7.65. The summed E-state index contributed by atoms with van der Waals surface area (Å²) in [6, 6.07) is 24.3. The summed E-state index contributed by atoms with van der Waals surface area (Å²) in [6.45, 7) is 0. The molecule has 5 rings (SSSR count). The fraction of sp³-hybridized carbons (Fsp3) is 0. The first-order chi connectivity index (χ1) is 18.5. The maximum absolute atomic E-state index is 12.5. The molecular weight excluding hydrogens is 526 g/mol. The predicted octanol–water partition coefficient (Wildman–Crippen LogP) is 7.14. The zero-order chi connectivity index (χ0) is 26.5. The summed E-state index contributed by atoms with van der Waals surface area (Å²) < 4.78 is 5.68. The van der Waals surface area contributed by atoms with E-state index < -0.39 is 4.92 Å². The van der Waals surface area contributed by atoms with Crippen LogP contribution in [-0.2, 0) is 0 Å². The van der Waals surface area contributed by atoms with E-state index in [2.05, 4.69) is 20.8 Å². The fourth-order valence-corrected chi connectivity index (χ4v) is 4.51. The van der Waals surface area contributed by atoms with Crippen LogP contribution in [0.4, 0.5) is 16.5 Å². The number of nitro groups is 1. The number of rotatable bonds is 8. The van der Waals surface area contributed by atoms with Crippen LogP contribution in [0.1, 0.15) is 16.1 Å². The minimum atomic E-state index is -0.522. The van der Waals surface area contributed by atoms with E-state index in [-0.39, 0.29) is 16.6 Å². The first kappa shape index (κ1) is 24.9. The number of aromatic nitrogens is 1. The van der Waals surface area contributed by atoms with Crippen LogP contribution in [0.25, 0.3) is 22.6 Å². The average molecular weight is 544 g/mol. The molecule has 38 heavy (non-hydrogen) atoms. The number of hydrazone groups is 1. The monoisotopic (exact) mass is 543 g/mol. The zero-order valence-electron chi connectivity index (χ0n) is 19.5. The number of non-ortho nitro benzene ring substituents is 1. The number of hydrogen-bond acceptors (Lipinski definition) is 8. The van der Waals surface area contributed by atoms with Gasteiger partial charge in [-0.1, -0.05) is 41.9 Å². The summed E-state index contributed by atoms with van der Waals surface area (Å²) in [7, 11) is 0. The molecule has 0 atom stereocenters. The van der Waals surface area contributed by atoms with Crippen molar-refractivity contribution in [2.24, 2.45) is 5.10 Å². The number of carbonyl (C=O) groups excluding carboxylic acids is 1. The number of nitro benzene ring substituents is 1. The lowest BCUT2D eigenvalue weighted by Gasteiger charge is -2.02. The highest BCUT2D eigenvalue weighted by Gasteiger charge is 2.13. The molecule has 2 aromatic heterocycles. The number of furan rings is 1. The van der Waals surface area contributed by atoms with Crippen molar-refractivity contribution >= 4 is 51.6 Å². The first-order valence-electron chi connectivity index (χ1n) is 11.2. The molecule has 0 fully saturated rings. The molecule has 3 aromatic carbocycles. The molecule has 188 valence electrons. The van der Waals surface area contributed by atoms with Crippen molar-refractivity contribution in [3.63, 3.8) is 0 Å². The number of nitrogens with one attached hydrogen (secondary N) is 2. The van der Waals surface area contributed by atoms with Gasteiger partial charge in [0.1, 0.15) is 11.5 Å². The standard InChI is InChI=1S/C27H18ClN5O4S/c28-23-14-20(33(35)36)10-12-22(23)25-13-11-21(37-25)15-29-32-26(34)18-8-6-17(7-9-18)24-16-38-27(31-24)30-19-4-2-1-3-5-19/h1-16H,(H,30,31)(H,32,34)/b29-15+. The Morgan fingerprint density at radius 3 is 2.58 bits per heavy atom. The van der Waals surface area contributed by atoms with Crippen LogP contribution < -0.4 is 10.7 Å². The number of hydrogen-bond donors (Lipinski definition) is 2. The van der Waals surface area contributed by atoms with Gasteiger partial charge in [0.25, 0.3) is 11.6 Å². The van der Waals surface area contributed by atoms with Crippen LogP contribution in [-0.4, -0.2) is 22.0 Å². The van der Waals surface area contributed by atoms with Crippen molar-refractivity contribution in [3.05, 3.63) is 117 Å². The van der Waals surface area contributed by atoms with Crippen molar-refractivity contribution in [2.45, 2.75) is 0 Å². The maximum atomic E-state index is 12.5. The van der Waals surface area contributed by atoms with Crippen molar-refractivity contribution in [3.8, 4) is 22.6 Å². The lowest BCUT2D eigenvalue weighted by molar-refractivity contribution is -0.384. The maximum Gasteiger partial charge on any atom is 0.271 e. The third-order valence-electron chi connectivity index (χ3n) is 5.39. The third kappa shape index (κ3) is 5.77. The van der Waals surface area contributed by atoms with E-state index in [1.807, 2.05) is 47.8 Å². The molecule has 5 aromatic rings. The van der Waals surface area contributed by atoms with Crippen molar-refractivity contribution < 1.29 is 14.1 Å². The van der Waals surface area contributed by atoms with Gasteiger partial charge in [-0.3, -0.25) is 14.9 Å². The highest BCUT2D eigenvalue weighted by atomic mass is 35.5. The summed E-state index contributed by atoms with van der Waals surface area (Å²) in [5.41, 5.74) is 5.94. The Hall–Kier alpha value is -4.80. The largest absolute Gasteiger partial charge is 0.455 e. The van der Waals surface area contributed by atoms with Crippen LogP contribution in [0, 0.1) is 10.1 Å². The molecule has 0 unspecified atom stereocenters. The fourth-order valence-electron chi connectivity index (χ4n) is 3.50. The lowest BCUT2D eigenvalue weighted by atomic mass is 10.1. The molecule has 0 saturated heterocycles. The Balaban J connectivity index is 1.19. The van der Waals surface area contributed by atoms with Gasteiger partial charge in [-0.25, -0.2) is 10.4 Å². The molecule has 11 heteroatoms. The predicted molar refractivity (Wildman–Crippen MR) is 148 cm³/mol. The van der Waals surface area contributed by atoms with Gasteiger partial charge < -0.3 is 9.73 Å². The molecule has 0 spiro atoms. The van der Waals surface area contributed by atoms with E-state index in [0.29, 0.717) is 22.6 Å². The molecule has 0 radical (unpaired) electrons. The number of benzene rings is 3. The minimum absolute atomic E-state index is 0.112. The van der Waals surface area contributed by atoms with Crippen LogP contribution in [0.5, 0.6) is 0 Å². The second-order valence-electron chi connectivity index (χ2n) is 7.93. The second kappa shape index (κ2) is 11.1. The highest BCUT2D eigenvalue weighted by molar-refractivity contribution is 7.14. The molecule has 9 nitrogen and oxygen atoms in total. The normalized spacial score (nSPS) is 11.0. The molecule has 2 heterocycles. The van der Waals surface area contributed by atoms with Gasteiger partial charge in [-0.2, -0.15) is 5.10 Å². The van der Waals surface area contributed by atoms with Crippen LogP contribution in [0.15, 0.2) is 99.8 Å². The number of halogens is 1. The number of anilines is 2. The molecule has 0 aliphatic rings. The highest BCUT2D eigenvalue weighted by Crippen LogP contribution is 2.32. The van der Waals surface area contributed by atoms with E-state index >= 15 is 0 Å². The van der Waals surface area contributed by atoms with E-state index in [4.69, 9.17) is 16.0 Å². The molecule has 0 bridgehead atoms. The molecule has 0 saturated carbocycles. The Labute approximate surface area is 225 Å². The van der Waals surface area contributed by atoms with Gasteiger partial charge in [-0.05, 0) is 42.5 Å². The van der Waals surface area contributed by atoms with E-state index in [1.165, 1.54) is 35.8 Å². The van der Waals surface area contributed by atoms with Gasteiger partial charge in [0.05, 0.1) is 21.9 Å². The SMILES string of the molecule is O=C(N/N=C/c1ccc(-c2ccc([N+](=O)[O-])cc2Cl)o1)c1ccc(-c2csc(Nc3ccccc3)n2)cc1. The van der Waals surface area contributed by atoms with E-state index in [9.17, 15) is 14.9 Å². The van der Waals surface area contributed by atoms with Crippen molar-refractivity contribution in [1.29, 1.82) is 0 Å². The molecule has 0 aliphatic carbocycles. The van der Waals surface area contributed by atoms with Gasteiger partial charge in [-0.15, -0.1) is 11.3 Å². The number of para-hydroxylation sites is 1. The lowest BCUT2D eigenvalue weighted by Crippen LogP contribution is -2.17. The molecular formula is C27H18ClN5O4S. The number of amides is 1. The van der Waals surface area contributed by atoms with Gasteiger partial charge in [0.2, 0.25) is 0 Å². The van der Waals surface area contributed by atoms with Gasteiger partial charge in [0, 0.05) is 39.9 Å². The molecule has 2 N–H and O–H groups in total. The molecule has 1 amide bonds. The van der Waals surface area contributed by atoms with Crippen molar-refractivity contribution in [1.82, 2.24) is 10.4 Å². The number of thiazole rings is 1. The Morgan fingerprint density at radius 2 is 1.84 bits per heavy atom. The smallest absolute Gasteiger partial charge is 0.271 e. The van der Waals surface area contributed by atoms with Crippen molar-refractivity contribution in [2.75, 3.05) is 5.32 Å². The number of carbonyl (C=O) groups is 1. The quantitative estimate of drug-likeness (QED) is 0.122. The van der Waals surface area contributed by atoms with E-state index in [0.717, 1.165) is 22.1 Å². The van der Waals surface area contributed by atoms with Crippen LogP contribution in [0.3, 0.4) is 0 Å². The van der Waals surface area contributed by atoms with Crippen LogP contribution in [0.2, 0.25) is 5.02 Å². The zero-order valence-corrected chi connectivity index (χ0v) is 21.1. The molecule has 0 aliphatic heterocycles. The average Bonchev–Trinajstić information content (AvgIpc) is 3.59. The summed E-state index contributed by atoms with van der Waals surface area (Å²) in [5.74, 6) is 0.397. The van der Waals surface area contributed by atoms with Gasteiger partial charge in [0.15, 0.2) is 5.13 Å². The second-order valence-corrected chi connectivity index (χ2v) is 9.19. The van der Waals surface area contributed by atoms with E-state index in [1.54, 1.807) is 24.3 Å². The summed E-state index contributed by atoms with van der Waals surface area (Å²) in [6.07, 6.45) is 1.35. The van der Waals surface area contributed by atoms with Gasteiger partial charge >= 0.3 is 0 Å². The summed E-state index contributed by atoms with van der Waals surface area (Å²) in [4.78, 5) is 27.5. The number of nitrogens with zero attached hydrogens (tertiary/aromatic N) is 3. The van der Waals surface area contributed by atoms with Crippen LogP contribution >= 0.6 is 22.9 Å². The summed E-state index contributed by atoms with van der Waals surface area (Å²) in [5, 5.41) is 21.0. The Morgan fingerprint density at radius 1 is 1.05 bits per heavy atom. The third-order valence-corrected chi connectivity index (χ3v) is 6.46. The Bertz CT molecular complexity index is 1630. The minimum Gasteiger partial charge on any atom is -0.455 e. The first-order valence-corrected chi connectivity index (χ1v) is 12.5. The Kier molecular flexibility index (Phi) is 7.25. The topological polar surface area (TPSA) is 123 Å².